The maximum Gasteiger partial charge on any atom is 0.163 e. The topological polar surface area (TPSA) is 56.5 Å². The molecule has 3 N–H and O–H groups in total. The zero-order valence-corrected chi connectivity index (χ0v) is 12.6. The van der Waals surface area contributed by atoms with Crippen molar-refractivity contribution in [1.82, 2.24) is 0 Å². The Labute approximate surface area is 132 Å². The van der Waals surface area contributed by atoms with E-state index in [1.165, 1.54) is 0 Å². The molecule has 2 aromatic carbocycles. The minimum atomic E-state index is 0.289. The molecular formula is C15H13ClN2O2S. The van der Waals surface area contributed by atoms with E-state index < -0.39 is 0 Å². The van der Waals surface area contributed by atoms with Crippen molar-refractivity contribution in [3.63, 3.8) is 0 Å². The third-order valence-corrected chi connectivity index (χ3v) is 3.52. The average Bonchev–Trinajstić information content (AvgIpc) is 2.49. The highest BCUT2D eigenvalue weighted by molar-refractivity contribution is 7.80. The lowest BCUT2D eigenvalue weighted by Crippen LogP contribution is -2.15. The molecule has 0 unspecified atom stereocenters. The van der Waals surface area contributed by atoms with E-state index in [-0.39, 0.29) is 4.99 Å². The van der Waals surface area contributed by atoms with Crippen LogP contribution < -0.4 is 20.5 Å². The fourth-order valence-corrected chi connectivity index (χ4v) is 2.45. The number of rotatable bonds is 3. The van der Waals surface area contributed by atoms with Crippen molar-refractivity contribution < 1.29 is 9.47 Å². The van der Waals surface area contributed by atoms with Crippen LogP contribution in [0.25, 0.3) is 0 Å². The molecule has 0 saturated carbocycles. The van der Waals surface area contributed by atoms with Crippen LogP contribution in [0.15, 0.2) is 36.4 Å². The number of hydrogen-bond donors (Lipinski definition) is 2. The minimum Gasteiger partial charge on any atom is -0.486 e. The van der Waals surface area contributed by atoms with Crippen molar-refractivity contribution in [2.24, 2.45) is 5.73 Å². The quantitative estimate of drug-likeness (QED) is 0.848. The number of ether oxygens (including phenoxy) is 2. The van der Waals surface area contributed by atoms with Gasteiger partial charge in [0, 0.05) is 28.0 Å². The average molecular weight is 321 g/mol. The number of benzene rings is 2. The van der Waals surface area contributed by atoms with E-state index in [0.29, 0.717) is 23.8 Å². The van der Waals surface area contributed by atoms with Gasteiger partial charge in [0.1, 0.15) is 18.2 Å². The molecule has 0 bridgehead atoms. The fraction of sp³-hybridized carbons (Fsp3) is 0.133. The van der Waals surface area contributed by atoms with Crippen LogP contribution in [0.2, 0.25) is 5.02 Å². The van der Waals surface area contributed by atoms with Crippen LogP contribution in [-0.2, 0) is 0 Å². The molecule has 0 atom stereocenters. The summed E-state index contributed by atoms with van der Waals surface area (Å²) in [6, 6.07) is 11.0. The lowest BCUT2D eigenvalue weighted by Gasteiger charge is -2.19. The minimum absolute atomic E-state index is 0.289. The first-order valence-electron chi connectivity index (χ1n) is 6.39. The van der Waals surface area contributed by atoms with Crippen LogP contribution in [-0.4, -0.2) is 18.2 Å². The Balaban J connectivity index is 1.92. The van der Waals surface area contributed by atoms with E-state index in [4.69, 9.17) is 39.0 Å². The zero-order chi connectivity index (χ0) is 14.8. The molecule has 0 fully saturated rings. The zero-order valence-electron chi connectivity index (χ0n) is 11.1. The summed E-state index contributed by atoms with van der Waals surface area (Å²) in [6.07, 6.45) is 0. The van der Waals surface area contributed by atoms with E-state index >= 15 is 0 Å². The maximum atomic E-state index is 5.98. The van der Waals surface area contributed by atoms with Gasteiger partial charge in [0.2, 0.25) is 0 Å². The molecule has 21 heavy (non-hydrogen) atoms. The number of fused-ring (bicyclic) bond motifs is 1. The second-order valence-corrected chi connectivity index (χ2v) is 5.41. The van der Waals surface area contributed by atoms with Crippen LogP contribution in [0.5, 0.6) is 11.5 Å². The summed E-state index contributed by atoms with van der Waals surface area (Å²) >= 11 is 11.0. The Hall–Kier alpha value is -1.98. The molecule has 1 heterocycles. The molecule has 1 aliphatic heterocycles. The van der Waals surface area contributed by atoms with Gasteiger partial charge in [-0.2, -0.15) is 0 Å². The van der Waals surface area contributed by atoms with Crippen molar-refractivity contribution in [2.45, 2.75) is 0 Å². The van der Waals surface area contributed by atoms with Gasteiger partial charge in [-0.05, 0) is 30.3 Å². The van der Waals surface area contributed by atoms with Gasteiger partial charge in [-0.1, -0.05) is 23.8 Å². The molecule has 2 aromatic rings. The first kappa shape index (κ1) is 14.0. The van der Waals surface area contributed by atoms with Crippen LogP contribution in [0.1, 0.15) is 5.56 Å². The standard InChI is InChI=1S/C15H13ClN2O2S/c16-9-1-3-12(11(7-9)15(17)21)18-10-2-4-13-14(8-10)20-6-5-19-13/h1-4,7-8,18H,5-6H2,(H2,17,21). The summed E-state index contributed by atoms with van der Waals surface area (Å²) in [5.74, 6) is 1.47. The van der Waals surface area contributed by atoms with Crippen molar-refractivity contribution in [1.29, 1.82) is 0 Å². The summed E-state index contributed by atoms with van der Waals surface area (Å²) in [5.41, 5.74) is 8.09. The smallest absolute Gasteiger partial charge is 0.163 e. The molecule has 0 saturated heterocycles. The first-order valence-corrected chi connectivity index (χ1v) is 7.18. The third kappa shape index (κ3) is 3.04. The molecule has 0 amide bonds. The summed E-state index contributed by atoms with van der Waals surface area (Å²) in [7, 11) is 0. The molecule has 3 rings (SSSR count). The maximum absolute atomic E-state index is 5.98. The summed E-state index contributed by atoms with van der Waals surface area (Å²) < 4.78 is 11.1. The summed E-state index contributed by atoms with van der Waals surface area (Å²) in [4.78, 5) is 0.289. The van der Waals surface area contributed by atoms with Crippen molar-refractivity contribution in [2.75, 3.05) is 18.5 Å². The molecule has 108 valence electrons. The SMILES string of the molecule is NC(=S)c1cc(Cl)ccc1Nc1ccc2c(c1)OCCO2. The monoisotopic (exact) mass is 320 g/mol. The van der Waals surface area contributed by atoms with Gasteiger partial charge in [-0.3, -0.25) is 0 Å². The van der Waals surface area contributed by atoms with E-state index in [9.17, 15) is 0 Å². The number of halogens is 1. The highest BCUT2D eigenvalue weighted by atomic mass is 35.5. The molecule has 4 nitrogen and oxygen atoms in total. The predicted molar refractivity (Wildman–Crippen MR) is 88.1 cm³/mol. The second kappa shape index (κ2) is 5.79. The van der Waals surface area contributed by atoms with Gasteiger partial charge in [0.25, 0.3) is 0 Å². The molecule has 6 heteroatoms. The highest BCUT2D eigenvalue weighted by Gasteiger charge is 2.13. The second-order valence-electron chi connectivity index (χ2n) is 4.54. The lowest BCUT2D eigenvalue weighted by molar-refractivity contribution is 0.171. The molecule has 0 aliphatic carbocycles. The van der Waals surface area contributed by atoms with Crippen molar-refractivity contribution >= 4 is 40.2 Å². The fourth-order valence-electron chi connectivity index (χ4n) is 2.11. The molecular weight excluding hydrogens is 308 g/mol. The van der Waals surface area contributed by atoms with Crippen LogP contribution in [0, 0.1) is 0 Å². The van der Waals surface area contributed by atoms with E-state index in [1.54, 1.807) is 12.1 Å². The van der Waals surface area contributed by atoms with E-state index in [2.05, 4.69) is 5.32 Å². The molecule has 0 radical (unpaired) electrons. The number of thiocarbonyl (C=S) groups is 1. The predicted octanol–water partition coefficient (Wildman–Crippen LogP) is 3.49. The molecule has 1 aliphatic rings. The van der Waals surface area contributed by atoms with Gasteiger partial charge < -0.3 is 20.5 Å². The van der Waals surface area contributed by atoms with Crippen molar-refractivity contribution in [3.8, 4) is 11.5 Å². The Morgan fingerprint density at radius 1 is 1.10 bits per heavy atom. The first-order chi connectivity index (χ1) is 10.1. The third-order valence-electron chi connectivity index (χ3n) is 3.07. The van der Waals surface area contributed by atoms with E-state index in [0.717, 1.165) is 22.9 Å². The van der Waals surface area contributed by atoms with Crippen LogP contribution in [0.3, 0.4) is 0 Å². The Kier molecular flexibility index (Phi) is 3.86. The Morgan fingerprint density at radius 3 is 2.62 bits per heavy atom. The summed E-state index contributed by atoms with van der Waals surface area (Å²) in [6.45, 7) is 1.12. The molecule has 0 aromatic heterocycles. The number of nitrogens with one attached hydrogen (secondary N) is 1. The highest BCUT2D eigenvalue weighted by Crippen LogP contribution is 2.34. The van der Waals surface area contributed by atoms with E-state index in [1.807, 2.05) is 24.3 Å². The largest absolute Gasteiger partial charge is 0.486 e. The number of anilines is 2. The number of nitrogens with two attached hydrogens (primary N) is 1. The normalized spacial score (nSPS) is 12.8. The Morgan fingerprint density at radius 2 is 1.86 bits per heavy atom. The number of hydrogen-bond acceptors (Lipinski definition) is 4. The van der Waals surface area contributed by atoms with Gasteiger partial charge >= 0.3 is 0 Å². The van der Waals surface area contributed by atoms with Gasteiger partial charge in [0.15, 0.2) is 11.5 Å². The van der Waals surface area contributed by atoms with Crippen LogP contribution >= 0.6 is 23.8 Å². The van der Waals surface area contributed by atoms with Crippen LogP contribution in [0.4, 0.5) is 11.4 Å². The summed E-state index contributed by atoms with van der Waals surface area (Å²) in [5, 5.41) is 3.86. The lowest BCUT2D eigenvalue weighted by atomic mass is 10.1. The van der Waals surface area contributed by atoms with Gasteiger partial charge in [-0.15, -0.1) is 0 Å². The van der Waals surface area contributed by atoms with Crippen molar-refractivity contribution in [3.05, 3.63) is 47.0 Å². The Bertz CT molecular complexity index is 706. The van der Waals surface area contributed by atoms with Gasteiger partial charge in [-0.25, -0.2) is 0 Å². The van der Waals surface area contributed by atoms with Gasteiger partial charge in [0.05, 0.1) is 0 Å². The molecule has 0 spiro atoms.